The monoisotopic (exact) mass is 224 g/mol. The Morgan fingerprint density at radius 2 is 2.27 bits per heavy atom. The molecule has 0 N–H and O–H groups in total. The molecule has 1 aromatic rings. The maximum atomic E-state index is 10.2. The maximum Gasteiger partial charge on any atom is 0.138 e. The summed E-state index contributed by atoms with van der Waals surface area (Å²) >= 11 is 6.07. The second-order valence-electron chi connectivity index (χ2n) is 3.79. The van der Waals surface area contributed by atoms with Crippen molar-refractivity contribution in [1.29, 1.82) is 0 Å². The van der Waals surface area contributed by atoms with Gasteiger partial charge in [0.1, 0.15) is 12.0 Å². The number of hydrogen-bond acceptors (Lipinski definition) is 2. The van der Waals surface area contributed by atoms with Gasteiger partial charge in [0, 0.05) is 6.42 Å². The van der Waals surface area contributed by atoms with Gasteiger partial charge < -0.3 is 9.53 Å². The highest BCUT2D eigenvalue weighted by Gasteiger charge is 2.24. The summed E-state index contributed by atoms with van der Waals surface area (Å²) in [6.07, 6.45) is 4.82. The molecule has 0 spiro atoms. The van der Waals surface area contributed by atoms with E-state index in [2.05, 4.69) is 0 Å². The van der Waals surface area contributed by atoms with E-state index in [-0.39, 0.29) is 0 Å². The lowest BCUT2D eigenvalue weighted by molar-refractivity contribution is -0.107. The van der Waals surface area contributed by atoms with Crippen molar-refractivity contribution in [2.24, 2.45) is 0 Å². The summed E-state index contributed by atoms with van der Waals surface area (Å²) in [4.78, 5) is 10.2. The van der Waals surface area contributed by atoms with Crippen molar-refractivity contribution in [1.82, 2.24) is 0 Å². The van der Waals surface area contributed by atoms with Crippen LogP contribution in [0.3, 0.4) is 0 Å². The predicted octanol–water partition coefficient (Wildman–Crippen LogP) is 3.01. The number of benzene rings is 1. The second kappa shape index (κ2) is 4.67. The van der Waals surface area contributed by atoms with Crippen molar-refractivity contribution in [3.05, 3.63) is 28.8 Å². The van der Waals surface area contributed by atoms with Gasteiger partial charge in [-0.05, 0) is 37.0 Å². The Balaban J connectivity index is 2.03. The number of halogens is 1. The number of rotatable bonds is 5. The van der Waals surface area contributed by atoms with Crippen molar-refractivity contribution in [2.75, 3.05) is 0 Å². The lowest BCUT2D eigenvalue weighted by Crippen LogP contribution is -1.97. The molecule has 1 aliphatic rings. The van der Waals surface area contributed by atoms with Crippen LogP contribution in [0.25, 0.3) is 0 Å². The van der Waals surface area contributed by atoms with E-state index in [0.29, 0.717) is 17.5 Å². The molecule has 0 atom stereocenters. The fourth-order valence-electron chi connectivity index (χ4n) is 1.39. The summed E-state index contributed by atoms with van der Waals surface area (Å²) in [5.74, 6) is 0.758. The second-order valence-corrected chi connectivity index (χ2v) is 4.19. The minimum Gasteiger partial charge on any atom is -0.489 e. The molecule has 1 aromatic carbocycles. The molecule has 0 amide bonds. The maximum absolute atomic E-state index is 10.2. The summed E-state index contributed by atoms with van der Waals surface area (Å²) in [5.41, 5.74) is 1.08. The Morgan fingerprint density at radius 3 is 2.87 bits per heavy atom. The summed E-state index contributed by atoms with van der Waals surface area (Å²) in [6.45, 7) is 0. The van der Waals surface area contributed by atoms with Crippen LogP contribution in [0.2, 0.25) is 5.02 Å². The molecular formula is C12H13ClO2. The van der Waals surface area contributed by atoms with E-state index < -0.39 is 0 Å². The number of carbonyl (C=O) groups is 1. The molecule has 80 valence electrons. The molecular weight excluding hydrogens is 212 g/mol. The van der Waals surface area contributed by atoms with Gasteiger partial charge >= 0.3 is 0 Å². The lowest BCUT2D eigenvalue weighted by atomic mass is 10.1. The van der Waals surface area contributed by atoms with Crippen LogP contribution in [0, 0.1) is 0 Å². The van der Waals surface area contributed by atoms with Crippen LogP contribution in [-0.2, 0) is 11.2 Å². The van der Waals surface area contributed by atoms with E-state index in [0.717, 1.165) is 36.9 Å². The largest absolute Gasteiger partial charge is 0.489 e. The SMILES string of the molecule is O=CCCc1ccc(OC2CC2)c(Cl)c1. The van der Waals surface area contributed by atoms with Crippen molar-refractivity contribution in [3.8, 4) is 5.75 Å². The lowest BCUT2D eigenvalue weighted by Gasteiger charge is -2.07. The molecule has 1 saturated carbocycles. The van der Waals surface area contributed by atoms with Crippen LogP contribution in [0.4, 0.5) is 0 Å². The predicted molar refractivity (Wildman–Crippen MR) is 59.5 cm³/mol. The van der Waals surface area contributed by atoms with E-state index in [1.54, 1.807) is 0 Å². The van der Waals surface area contributed by atoms with Gasteiger partial charge in [0.15, 0.2) is 0 Å². The fourth-order valence-corrected chi connectivity index (χ4v) is 1.63. The number of aryl methyl sites for hydroxylation is 1. The molecule has 2 rings (SSSR count). The molecule has 2 nitrogen and oxygen atoms in total. The Kier molecular flexibility index (Phi) is 3.27. The first kappa shape index (κ1) is 10.5. The van der Waals surface area contributed by atoms with Gasteiger partial charge in [-0.2, -0.15) is 0 Å². The number of ether oxygens (including phenoxy) is 1. The van der Waals surface area contributed by atoms with Crippen molar-refractivity contribution < 1.29 is 9.53 Å². The summed E-state index contributed by atoms with van der Waals surface area (Å²) in [6, 6.07) is 5.73. The molecule has 1 fully saturated rings. The highest BCUT2D eigenvalue weighted by molar-refractivity contribution is 6.32. The van der Waals surface area contributed by atoms with Gasteiger partial charge in [-0.15, -0.1) is 0 Å². The summed E-state index contributed by atoms with van der Waals surface area (Å²) in [7, 11) is 0. The molecule has 0 aromatic heterocycles. The van der Waals surface area contributed by atoms with Gasteiger partial charge in [0.25, 0.3) is 0 Å². The minimum absolute atomic E-state index is 0.364. The number of hydrogen-bond donors (Lipinski definition) is 0. The molecule has 0 aliphatic heterocycles. The minimum atomic E-state index is 0.364. The van der Waals surface area contributed by atoms with Crippen LogP contribution in [-0.4, -0.2) is 12.4 Å². The molecule has 0 heterocycles. The van der Waals surface area contributed by atoms with E-state index in [1.807, 2.05) is 18.2 Å². The smallest absolute Gasteiger partial charge is 0.138 e. The molecule has 0 unspecified atom stereocenters. The van der Waals surface area contributed by atoms with Crippen molar-refractivity contribution >= 4 is 17.9 Å². The van der Waals surface area contributed by atoms with Crippen LogP contribution in [0.5, 0.6) is 5.75 Å². The average molecular weight is 225 g/mol. The van der Waals surface area contributed by atoms with E-state index >= 15 is 0 Å². The molecule has 3 heteroatoms. The topological polar surface area (TPSA) is 26.3 Å². The van der Waals surface area contributed by atoms with Gasteiger partial charge in [0.2, 0.25) is 0 Å². The zero-order valence-electron chi connectivity index (χ0n) is 8.41. The zero-order valence-corrected chi connectivity index (χ0v) is 9.17. The Bertz CT molecular complexity index is 359. The van der Waals surface area contributed by atoms with E-state index in [4.69, 9.17) is 16.3 Å². The van der Waals surface area contributed by atoms with Crippen LogP contribution in [0.15, 0.2) is 18.2 Å². The Labute approximate surface area is 94.2 Å². The first-order chi connectivity index (χ1) is 7.29. The number of carbonyl (C=O) groups excluding carboxylic acids is 1. The molecule has 0 saturated heterocycles. The zero-order chi connectivity index (χ0) is 10.7. The summed E-state index contributed by atoms with van der Waals surface area (Å²) < 4.78 is 5.61. The molecule has 0 radical (unpaired) electrons. The molecule has 0 bridgehead atoms. The highest BCUT2D eigenvalue weighted by Crippen LogP contribution is 2.32. The van der Waals surface area contributed by atoms with Gasteiger partial charge in [0.05, 0.1) is 11.1 Å². The third-order valence-corrected chi connectivity index (χ3v) is 2.66. The van der Waals surface area contributed by atoms with Gasteiger partial charge in [-0.3, -0.25) is 0 Å². The highest BCUT2D eigenvalue weighted by atomic mass is 35.5. The van der Waals surface area contributed by atoms with Gasteiger partial charge in [-0.25, -0.2) is 0 Å². The first-order valence-corrected chi connectivity index (χ1v) is 5.56. The number of aldehydes is 1. The molecule has 15 heavy (non-hydrogen) atoms. The van der Waals surface area contributed by atoms with Crippen LogP contribution >= 0.6 is 11.6 Å². The van der Waals surface area contributed by atoms with E-state index in [9.17, 15) is 4.79 Å². The first-order valence-electron chi connectivity index (χ1n) is 5.18. The third-order valence-electron chi connectivity index (χ3n) is 2.37. The van der Waals surface area contributed by atoms with Crippen LogP contribution < -0.4 is 4.74 Å². The Hall–Kier alpha value is -1.02. The Morgan fingerprint density at radius 1 is 1.47 bits per heavy atom. The van der Waals surface area contributed by atoms with Gasteiger partial charge in [-0.1, -0.05) is 17.7 Å². The van der Waals surface area contributed by atoms with Crippen molar-refractivity contribution in [3.63, 3.8) is 0 Å². The van der Waals surface area contributed by atoms with E-state index in [1.165, 1.54) is 0 Å². The standard InChI is InChI=1S/C12H13ClO2/c13-11-8-9(2-1-7-14)3-6-12(11)15-10-4-5-10/h3,6-8,10H,1-2,4-5H2. The average Bonchev–Trinajstić information content (AvgIpc) is 3.02. The normalized spacial score (nSPS) is 15.0. The quantitative estimate of drug-likeness (QED) is 0.719. The third kappa shape index (κ3) is 2.96. The molecule has 1 aliphatic carbocycles. The van der Waals surface area contributed by atoms with Crippen LogP contribution in [0.1, 0.15) is 24.8 Å². The summed E-state index contributed by atoms with van der Waals surface area (Å²) in [5, 5.41) is 0.644. The fraction of sp³-hybridized carbons (Fsp3) is 0.417. The van der Waals surface area contributed by atoms with Crippen molar-refractivity contribution in [2.45, 2.75) is 31.8 Å².